The fourth-order valence-electron chi connectivity index (χ4n) is 3.18. The minimum Gasteiger partial charge on any atom is -0.450 e. The maximum absolute atomic E-state index is 11.7. The number of hydrogen-bond acceptors (Lipinski definition) is 6. The van der Waals surface area contributed by atoms with Crippen LogP contribution in [0.5, 0.6) is 0 Å². The number of nitrogens with one attached hydrogen (secondary N) is 1. The molecule has 1 aromatic heterocycles. The zero-order valence-corrected chi connectivity index (χ0v) is 13.7. The van der Waals surface area contributed by atoms with Crippen LogP contribution in [0.4, 0.5) is 16.4 Å². The molecule has 1 aromatic rings. The molecule has 7 nitrogen and oxygen atoms in total. The number of nitrogens with zero attached hydrogens (tertiary/aromatic N) is 4. The van der Waals surface area contributed by atoms with Crippen LogP contribution >= 0.6 is 0 Å². The summed E-state index contributed by atoms with van der Waals surface area (Å²) in [4.78, 5) is 24.5. The van der Waals surface area contributed by atoms with Gasteiger partial charge in [-0.15, -0.1) is 0 Å². The summed E-state index contributed by atoms with van der Waals surface area (Å²) in [6, 6.07) is 2.37. The molecule has 2 aliphatic rings. The minimum atomic E-state index is -0.204. The van der Waals surface area contributed by atoms with E-state index in [1.165, 1.54) is 12.8 Å². The van der Waals surface area contributed by atoms with E-state index >= 15 is 0 Å². The molecule has 23 heavy (non-hydrogen) atoms. The maximum atomic E-state index is 11.7. The van der Waals surface area contributed by atoms with Gasteiger partial charge in [0.2, 0.25) is 0 Å². The Hall–Kier alpha value is -2.05. The van der Waals surface area contributed by atoms with E-state index in [1.807, 2.05) is 13.0 Å². The second kappa shape index (κ2) is 7.48. The molecule has 0 bridgehead atoms. The van der Waals surface area contributed by atoms with Crippen LogP contribution in [0, 0.1) is 0 Å². The van der Waals surface area contributed by atoms with E-state index in [2.05, 4.69) is 20.2 Å². The highest BCUT2D eigenvalue weighted by Crippen LogP contribution is 2.21. The molecule has 126 valence electrons. The lowest BCUT2D eigenvalue weighted by Crippen LogP contribution is -2.42. The van der Waals surface area contributed by atoms with Crippen molar-refractivity contribution >= 4 is 17.7 Å². The van der Waals surface area contributed by atoms with Crippen molar-refractivity contribution in [3.8, 4) is 0 Å². The fraction of sp³-hybridized carbons (Fsp3) is 0.688. The molecule has 1 N–H and O–H groups in total. The van der Waals surface area contributed by atoms with E-state index in [4.69, 9.17) is 4.74 Å². The predicted molar refractivity (Wildman–Crippen MR) is 88.7 cm³/mol. The smallest absolute Gasteiger partial charge is 0.409 e. The lowest BCUT2D eigenvalue weighted by Gasteiger charge is -2.32. The Balaban J connectivity index is 1.52. The zero-order valence-electron chi connectivity index (χ0n) is 13.7. The maximum Gasteiger partial charge on any atom is 0.409 e. The van der Waals surface area contributed by atoms with Crippen molar-refractivity contribution in [3.63, 3.8) is 0 Å². The molecule has 0 saturated carbocycles. The number of amides is 1. The summed E-state index contributed by atoms with van der Waals surface area (Å²) in [5, 5.41) is 3.48. The summed E-state index contributed by atoms with van der Waals surface area (Å²) < 4.78 is 5.05. The first-order valence-electron chi connectivity index (χ1n) is 8.51. The highest BCUT2D eigenvalue weighted by Gasteiger charge is 2.24. The van der Waals surface area contributed by atoms with Gasteiger partial charge in [-0.3, -0.25) is 0 Å². The first-order valence-corrected chi connectivity index (χ1v) is 8.51. The number of carbonyl (C=O) groups excluding carboxylic acids is 1. The van der Waals surface area contributed by atoms with Gasteiger partial charge in [0.15, 0.2) is 0 Å². The van der Waals surface area contributed by atoms with Crippen LogP contribution in [0.15, 0.2) is 12.4 Å². The van der Waals surface area contributed by atoms with Crippen LogP contribution in [-0.2, 0) is 4.74 Å². The molecule has 2 fully saturated rings. The molecule has 0 radical (unpaired) electrons. The summed E-state index contributed by atoms with van der Waals surface area (Å²) >= 11 is 0. The topological polar surface area (TPSA) is 70.6 Å². The number of piperidine rings is 1. The number of rotatable bonds is 4. The van der Waals surface area contributed by atoms with Gasteiger partial charge >= 0.3 is 6.09 Å². The van der Waals surface area contributed by atoms with Crippen molar-refractivity contribution in [3.05, 3.63) is 12.4 Å². The standard InChI is InChI=1S/C16H25N5O2/c1-2-23-16(22)21-9-5-13(6-10-21)19-14-11-15(18-12-17-14)20-7-3-4-8-20/h11-13H,2-10H2,1H3,(H,17,18,19). The Labute approximate surface area is 137 Å². The van der Waals surface area contributed by atoms with Crippen molar-refractivity contribution in [1.29, 1.82) is 0 Å². The van der Waals surface area contributed by atoms with Gasteiger partial charge in [-0.1, -0.05) is 0 Å². The molecule has 7 heteroatoms. The largest absolute Gasteiger partial charge is 0.450 e. The van der Waals surface area contributed by atoms with Gasteiger partial charge in [0.05, 0.1) is 6.61 Å². The molecule has 0 spiro atoms. The average Bonchev–Trinajstić information content (AvgIpc) is 3.11. The molecule has 0 atom stereocenters. The number of anilines is 2. The Morgan fingerprint density at radius 2 is 2.00 bits per heavy atom. The van der Waals surface area contributed by atoms with Crippen molar-refractivity contribution < 1.29 is 9.53 Å². The molecule has 0 aromatic carbocycles. The van der Waals surface area contributed by atoms with E-state index in [-0.39, 0.29) is 6.09 Å². The molecular formula is C16H25N5O2. The number of ether oxygens (including phenoxy) is 1. The molecule has 2 saturated heterocycles. The van der Waals surface area contributed by atoms with Crippen LogP contribution < -0.4 is 10.2 Å². The molecule has 1 amide bonds. The van der Waals surface area contributed by atoms with Crippen LogP contribution in [0.1, 0.15) is 32.6 Å². The Morgan fingerprint density at radius 3 is 2.70 bits per heavy atom. The summed E-state index contributed by atoms with van der Waals surface area (Å²) in [6.07, 6.45) is 5.70. The molecule has 0 aliphatic carbocycles. The summed E-state index contributed by atoms with van der Waals surface area (Å²) in [5.74, 6) is 1.88. The summed E-state index contributed by atoms with van der Waals surface area (Å²) in [6.45, 7) is 5.86. The number of hydrogen-bond donors (Lipinski definition) is 1. The third kappa shape index (κ3) is 4.03. The highest BCUT2D eigenvalue weighted by molar-refractivity contribution is 5.67. The molecule has 3 rings (SSSR count). The van der Waals surface area contributed by atoms with Crippen molar-refractivity contribution in [2.75, 3.05) is 43.0 Å². The van der Waals surface area contributed by atoms with Gasteiger partial charge < -0.3 is 19.9 Å². The van der Waals surface area contributed by atoms with E-state index in [0.29, 0.717) is 12.6 Å². The Kier molecular flexibility index (Phi) is 5.15. The first-order chi connectivity index (χ1) is 11.3. The molecule has 2 aliphatic heterocycles. The minimum absolute atomic E-state index is 0.204. The summed E-state index contributed by atoms with van der Waals surface area (Å²) in [5.41, 5.74) is 0. The average molecular weight is 319 g/mol. The third-order valence-corrected chi connectivity index (χ3v) is 4.46. The predicted octanol–water partition coefficient (Wildman–Crippen LogP) is 2.11. The second-order valence-corrected chi connectivity index (χ2v) is 6.06. The van der Waals surface area contributed by atoms with Crippen LogP contribution in [0.2, 0.25) is 0 Å². The summed E-state index contributed by atoms with van der Waals surface area (Å²) in [7, 11) is 0. The lowest BCUT2D eigenvalue weighted by molar-refractivity contribution is 0.0983. The van der Waals surface area contributed by atoms with Gasteiger partial charge in [-0.2, -0.15) is 0 Å². The number of aromatic nitrogens is 2. The van der Waals surface area contributed by atoms with Gasteiger partial charge in [0, 0.05) is 38.3 Å². The molecular weight excluding hydrogens is 294 g/mol. The quantitative estimate of drug-likeness (QED) is 0.916. The van der Waals surface area contributed by atoms with E-state index in [0.717, 1.165) is 50.7 Å². The number of likely N-dealkylation sites (tertiary alicyclic amines) is 1. The van der Waals surface area contributed by atoms with Gasteiger partial charge in [-0.05, 0) is 32.6 Å². The fourth-order valence-corrected chi connectivity index (χ4v) is 3.18. The Bertz CT molecular complexity index is 525. The highest BCUT2D eigenvalue weighted by atomic mass is 16.6. The molecule has 3 heterocycles. The SMILES string of the molecule is CCOC(=O)N1CCC(Nc2cc(N3CCCC3)ncn2)CC1. The van der Waals surface area contributed by atoms with E-state index < -0.39 is 0 Å². The van der Waals surface area contributed by atoms with Gasteiger partial charge in [-0.25, -0.2) is 14.8 Å². The third-order valence-electron chi connectivity index (χ3n) is 4.46. The van der Waals surface area contributed by atoms with Gasteiger partial charge in [0.1, 0.15) is 18.0 Å². The van der Waals surface area contributed by atoms with Crippen molar-refractivity contribution in [1.82, 2.24) is 14.9 Å². The normalized spacial score (nSPS) is 19.0. The monoisotopic (exact) mass is 319 g/mol. The van der Waals surface area contributed by atoms with Crippen LogP contribution in [0.25, 0.3) is 0 Å². The van der Waals surface area contributed by atoms with Crippen molar-refractivity contribution in [2.24, 2.45) is 0 Å². The first kappa shape index (κ1) is 15.8. The van der Waals surface area contributed by atoms with E-state index in [9.17, 15) is 4.79 Å². The van der Waals surface area contributed by atoms with Crippen molar-refractivity contribution in [2.45, 2.75) is 38.6 Å². The van der Waals surface area contributed by atoms with E-state index in [1.54, 1.807) is 11.2 Å². The van der Waals surface area contributed by atoms with Crippen LogP contribution in [0.3, 0.4) is 0 Å². The van der Waals surface area contributed by atoms with Crippen LogP contribution in [-0.4, -0.2) is 59.8 Å². The second-order valence-electron chi connectivity index (χ2n) is 6.06. The Morgan fingerprint density at radius 1 is 1.26 bits per heavy atom. The zero-order chi connectivity index (χ0) is 16.1. The lowest BCUT2D eigenvalue weighted by atomic mass is 10.1. The van der Waals surface area contributed by atoms with Gasteiger partial charge in [0.25, 0.3) is 0 Å². The number of carbonyl (C=O) groups is 1. The molecule has 0 unspecified atom stereocenters.